The van der Waals surface area contributed by atoms with Crippen molar-refractivity contribution in [1.82, 2.24) is 19.2 Å². The van der Waals surface area contributed by atoms with Crippen LogP contribution in [0.3, 0.4) is 0 Å². The van der Waals surface area contributed by atoms with Gasteiger partial charge in [0.2, 0.25) is 0 Å². The van der Waals surface area contributed by atoms with Gasteiger partial charge in [0, 0.05) is 22.9 Å². The SMILES string of the molecule is O=C(O)CCCC1CC=C(C(=O)NC(Cc2ccc3sccc(=O)c3c2)C(=O)O)n2c(=O)n(-c3ccc(Oc4ccccc4)cc3)c(=O)n21. The first-order valence-electron chi connectivity index (χ1n) is 15.4. The lowest BCUT2D eigenvalue weighted by Gasteiger charge is -2.25. The van der Waals surface area contributed by atoms with Gasteiger partial charge in [0.25, 0.3) is 5.91 Å². The van der Waals surface area contributed by atoms with Crippen LogP contribution in [-0.4, -0.2) is 48.0 Å². The molecule has 0 aliphatic carbocycles. The highest BCUT2D eigenvalue weighted by Gasteiger charge is 2.33. The third-order valence-electron chi connectivity index (χ3n) is 8.13. The number of carboxylic acids is 2. The molecule has 0 saturated carbocycles. The standard InChI is InChI=1S/C35H30N4O9S/c40-29-17-18-49-30-16-9-21(19-26(29)30)20-27(33(44)45)36-32(43)28-15-12-23(5-4-8-31(41)42)38-34(46)37(35(47)39(28)38)22-10-13-25(14-11-22)48-24-6-2-1-3-7-24/h1-3,6-7,9-11,13-19,23,27H,4-5,8,12,20H2,(H,36,43)(H,41,42)(H,44,45). The normalized spacial score (nSPS) is 14.4. The Morgan fingerprint density at radius 2 is 1.65 bits per heavy atom. The summed E-state index contributed by atoms with van der Waals surface area (Å²) in [6, 6.07) is 19.6. The zero-order chi connectivity index (χ0) is 34.7. The molecule has 14 heteroatoms. The largest absolute Gasteiger partial charge is 0.481 e. The van der Waals surface area contributed by atoms with Crippen molar-refractivity contribution in [3.63, 3.8) is 0 Å². The van der Waals surface area contributed by atoms with Crippen LogP contribution in [0.2, 0.25) is 0 Å². The van der Waals surface area contributed by atoms with Crippen LogP contribution in [-0.2, 0) is 20.8 Å². The molecular formula is C35H30N4O9S. The van der Waals surface area contributed by atoms with Gasteiger partial charge in [-0.2, -0.15) is 4.68 Å². The number of benzene rings is 3. The molecule has 1 aliphatic heterocycles. The van der Waals surface area contributed by atoms with E-state index in [9.17, 15) is 33.9 Å². The summed E-state index contributed by atoms with van der Waals surface area (Å²) in [5.41, 5.74) is -1.36. The number of carboxylic acid groups (broad SMARTS) is 2. The number of rotatable bonds is 12. The van der Waals surface area contributed by atoms with E-state index in [-0.39, 0.29) is 48.9 Å². The van der Waals surface area contributed by atoms with E-state index < -0.39 is 41.3 Å². The Hall–Kier alpha value is -6.02. The first-order valence-corrected chi connectivity index (χ1v) is 16.2. The van der Waals surface area contributed by atoms with Crippen LogP contribution in [0, 0.1) is 0 Å². The highest BCUT2D eigenvalue weighted by molar-refractivity contribution is 7.16. The average Bonchev–Trinajstić information content (AvgIpc) is 3.35. The van der Waals surface area contributed by atoms with E-state index >= 15 is 0 Å². The van der Waals surface area contributed by atoms with Crippen LogP contribution in [0.25, 0.3) is 21.5 Å². The number of hydrogen-bond acceptors (Lipinski definition) is 8. The molecule has 1 aliphatic rings. The maximum Gasteiger partial charge on any atom is 0.356 e. The molecule has 5 aromatic rings. The van der Waals surface area contributed by atoms with Crippen LogP contribution in [0.15, 0.2) is 105 Å². The monoisotopic (exact) mass is 682 g/mol. The maximum atomic E-state index is 13.9. The lowest BCUT2D eigenvalue weighted by Crippen LogP contribution is -2.45. The summed E-state index contributed by atoms with van der Waals surface area (Å²) in [7, 11) is 0. The Kier molecular flexibility index (Phi) is 9.40. The van der Waals surface area contributed by atoms with Gasteiger partial charge in [0.05, 0.1) is 11.7 Å². The molecule has 1 amide bonds. The highest BCUT2D eigenvalue weighted by atomic mass is 32.1. The topological polar surface area (TPSA) is 179 Å². The molecule has 2 unspecified atom stereocenters. The number of aromatic nitrogens is 3. The Morgan fingerprint density at radius 3 is 2.37 bits per heavy atom. The minimum absolute atomic E-state index is 0.117. The van der Waals surface area contributed by atoms with Crippen molar-refractivity contribution in [1.29, 1.82) is 0 Å². The number of ether oxygens (including phenoxy) is 1. The van der Waals surface area contributed by atoms with Gasteiger partial charge < -0.3 is 20.3 Å². The molecule has 13 nitrogen and oxygen atoms in total. The van der Waals surface area contributed by atoms with E-state index in [2.05, 4.69) is 5.32 Å². The molecule has 6 rings (SSSR count). The van der Waals surface area contributed by atoms with Gasteiger partial charge in [0.1, 0.15) is 23.2 Å². The Morgan fingerprint density at radius 1 is 0.918 bits per heavy atom. The van der Waals surface area contributed by atoms with Crippen LogP contribution in [0.4, 0.5) is 0 Å². The van der Waals surface area contributed by atoms with Gasteiger partial charge >= 0.3 is 23.3 Å². The summed E-state index contributed by atoms with van der Waals surface area (Å²) in [4.78, 5) is 77.3. The average molecular weight is 683 g/mol. The van der Waals surface area contributed by atoms with Crippen molar-refractivity contribution in [2.24, 2.45) is 0 Å². The second kappa shape index (κ2) is 14.0. The minimum atomic E-state index is -1.43. The molecule has 2 atom stereocenters. The Labute approximate surface area is 281 Å². The second-order valence-corrected chi connectivity index (χ2v) is 12.4. The van der Waals surface area contributed by atoms with Crippen LogP contribution in [0.1, 0.15) is 37.3 Å². The number of carbonyl (C=O) groups excluding carboxylic acids is 1. The van der Waals surface area contributed by atoms with Crippen molar-refractivity contribution >= 4 is 45.0 Å². The third-order valence-corrected chi connectivity index (χ3v) is 9.02. The van der Waals surface area contributed by atoms with Crippen molar-refractivity contribution < 1.29 is 29.3 Å². The van der Waals surface area contributed by atoms with E-state index in [1.807, 2.05) is 18.2 Å². The van der Waals surface area contributed by atoms with Crippen LogP contribution in [0.5, 0.6) is 11.5 Å². The number of allylic oxidation sites excluding steroid dienone is 1. The summed E-state index contributed by atoms with van der Waals surface area (Å²) < 4.78 is 9.49. The summed E-state index contributed by atoms with van der Waals surface area (Å²) in [5, 5.41) is 23.7. The molecule has 3 heterocycles. The highest BCUT2D eigenvalue weighted by Crippen LogP contribution is 2.27. The summed E-state index contributed by atoms with van der Waals surface area (Å²) >= 11 is 1.37. The predicted molar refractivity (Wildman–Crippen MR) is 182 cm³/mol. The summed E-state index contributed by atoms with van der Waals surface area (Å²) in [6.45, 7) is 0. The van der Waals surface area contributed by atoms with E-state index in [1.165, 1.54) is 35.6 Å². The fourth-order valence-electron chi connectivity index (χ4n) is 5.78. The van der Waals surface area contributed by atoms with Gasteiger partial charge in [-0.05, 0) is 84.8 Å². The molecule has 3 aromatic carbocycles. The fourth-order valence-corrected chi connectivity index (χ4v) is 6.55. The smallest absolute Gasteiger partial charge is 0.356 e. The third kappa shape index (κ3) is 6.99. The van der Waals surface area contributed by atoms with Gasteiger partial charge in [-0.1, -0.05) is 30.3 Å². The predicted octanol–water partition coefficient (Wildman–Crippen LogP) is 4.02. The molecule has 0 bridgehead atoms. The lowest BCUT2D eigenvalue weighted by molar-refractivity contribution is -0.141. The van der Waals surface area contributed by atoms with Gasteiger partial charge in [-0.15, -0.1) is 11.3 Å². The molecule has 49 heavy (non-hydrogen) atoms. The molecule has 0 radical (unpaired) electrons. The molecular weight excluding hydrogens is 652 g/mol. The van der Waals surface area contributed by atoms with Crippen LogP contribution >= 0.6 is 11.3 Å². The van der Waals surface area contributed by atoms with E-state index in [1.54, 1.807) is 47.8 Å². The molecule has 0 fully saturated rings. The quantitative estimate of drug-likeness (QED) is 0.175. The number of amides is 1. The van der Waals surface area contributed by atoms with Crippen LogP contribution < -0.4 is 26.9 Å². The van der Waals surface area contributed by atoms with E-state index in [0.717, 1.165) is 18.6 Å². The lowest BCUT2D eigenvalue weighted by atomic mass is 10.0. The molecule has 2 aromatic heterocycles. The molecule has 0 saturated heterocycles. The number of para-hydroxylation sites is 1. The number of aliphatic carboxylic acids is 2. The molecule has 0 spiro atoms. The number of hydrogen-bond donors (Lipinski definition) is 3. The van der Waals surface area contributed by atoms with Crippen molar-refractivity contribution in [2.75, 3.05) is 0 Å². The number of nitrogens with one attached hydrogen (secondary N) is 1. The Balaban J connectivity index is 1.31. The van der Waals surface area contributed by atoms with E-state index in [4.69, 9.17) is 9.84 Å². The van der Waals surface area contributed by atoms with Gasteiger partial charge in [0.15, 0.2) is 5.43 Å². The van der Waals surface area contributed by atoms with Crippen molar-refractivity contribution in [3.05, 3.63) is 127 Å². The van der Waals surface area contributed by atoms with Gasteiger partial charge in [-0.3, -0.25) is 14.4 Å². The first kappa shape index (κ1) is 32.9. The maximum absolute atomic E-state index is 13.9. The number of carbonyl (C=O) groups is 3. The number of nitrogens with zero attached hydrogens (tertiary/aromatic N) is 3. The van der Waals surface area contributed by atoms with Crippen molar-refractivity contribution in [3.8, 4) is 17.2 Å². The number of fused-ring (bicyclic) bond motifs is 2. The first-order chi connectivity index (χ1) is 23.6. The zero-order valence-corrected chi connectivity index (χ0v) is 26.7. The van der Waals surface area contributed by atoms with E-state index in [0.29, 0.717) is 22.4 Å². The molecule has 3 N–H and O–H groups in total. The summed E-state index contributed by atoms with van der Waals surface area (Å²) in [6.07, 6.45) is 1.70. The fraction of sp³-hybridized carbons (Fsp3) is 0.200. The molecule has 250 valence electrons. The van der Waals surface area contributed by atoms with Gasteiger partial charge in [-0.25, -0.2) is 23.6 Å². The summed E-state index contributed by atoms with van der Waals surface area (Å²) in [5.74, 6) is -2.20. The zero-order valence-electron chi connectivity index (χ0n) is 25.9. The Bertz CT molecular complexity index is 2270. The minimum Gasteiger partial charge on any atom is -0.481 e. The second-order valence-electron chi connectivity index (χ2n) is 11.4. The van der Waals surface area contributed by atoms with Crippen molar-refractivity contribution in [2.45, 2.75) is 44.2 Å².